The van der Waals surface area contributed by atoms with Crippen LogP contribution in [0.2, 0.25) is 0 Å². The second-order valence-electron chi connectivity index (χ2n) is 6.40. The van der Waals surface area contributed by atoms with Crippen molar-refractivity contribution in [1.29, 1.82) is 0 Å². The number of benzene rings is 1. The topological polar surface area (TPSA) is 68.8 Å². The Morgan fingerprint density at radius 3 is 2.84 bits per heavy atom. The second-order valence-corrected chi connectivity index (χ2v) is 6.40. The Balaban J connectivity index is 0.00000225. The zero-order chi connectivity index (χ0) is 16.8. The Hall–Kier alpha value is -1.34. The van der Waals surface area contributed by atoms with Crippen LogP contribution in [-0.2, 0) is 14.3 Å². The second kappa shape index (κ2) is 9.97. The molecule has 1 unspecified atom stereocenters. The molecule has 2 saturated heterocycles. The number of nitrogens with one attached hydrogen (secondary N) is 2. The van der Waals surface area contributed by atoms with E-state index in [1.807, 2.05) is 25.1 Å². The highest BCUT2D eigenvalue weighted by molar-refractivity contribution is 5.94. The molecule has 6 nitrogen and oxygen atoms in total. The summed E-state index contributed by atoms with van der Waals surface area (Å²) in [5, 5.41) is 6.07. The van der Waals surface area contributed by atoms with E-state index in [9.17, 15) is 4.79 Å². The number of ether oxygens (including phenoxy) is 3. The highest BCUT2D eigenvalue weighted by Gasteiger charge is 2.22. The SMILES string of the molecule is Cc1ccc(NC(=O)C2CNCCO2)cc1OCC1CCOCC1.Cl. The third-order valence-electron chi connectivity index (χ3n) is 4.49. The van der Waals surface area contributed by atoms with E-state index in [0.29, 0.717) is 25.7 Å². The monoisotopic (exact) mass is 370 g/mol. The molecular weight excluding hydrogens is 344 g/mol. The number of hydrogen-bond donors (Lipinski definition) is 2. The minimum Gasteiger partial charge on any atom is -0.493 e. The molecule has 0 aromatic heterocycles. The number of morpholine rings is 1. The first-order chi connectivity index (χ1) is 11.7. The van der Waals surface area contributed by atoms with E-state index in [1.54, 1.807) is 0 Å². The fourth-order valence-electron chi connectivity index (χ4n) is 2.91. The van der Waals surface area contributed by atoms with Gasteiger partial charge in [0, 0.05) is 38.1 Å². The molecule has 2 aliphatic rings. The number of aryl methyl sites for hydroxylation is 1. The van der Waals surface area contributed by atoms with Gasteiger partial charge in [0.05, 0.1) is 13.2 Å². The predicted molar refractivity (Wildman–Crippen MR) is 98.7 cm³/mol. The first kappa shape index (κ1) is 20.0. The lowest BCUT2D eigenvalue weighted by atomic mass is 10.0. The smallest absolute Gasteiger partial charge is 0.254 e. The van der Waals surface area contributed by atoms with Gasteiger partial charge in [-0.15, -0.1) is 12.4 Å². The predicted octanol–water partition coefficient (Wildman–Crippen LogP) is 2.15. The summed E-state index contributed by atoms with van der Waals surface area (Å²) in [7, 11) is 0. The summed E-state index contributed by atoms with van der Waals surface area (Å²) in [6.45, 7) is 6.24. The fraction of sp³-hybridized carbons (Fsp3) is 0.611. The van der Waals surface area contributed by atoms with Crippen molar-refractivity contribution in [3.05, 3.63) is 23.8 Å². The molecule has 25 heavy (non-hydrogen) atoms. The first-order valence-electron chi connectivity index (χ1n) is 8.67. The summed E-state index contributed by atoms with van der Waals surface area (Å²) >= 11 is 0. The molecule has 1 amide bonds. The van der Waals surface area contributed by atoms with Crippen molar-refractivity contribution in [2.75, 3.05) is 44.8 Å². The summed E-state index contributed by atoms with van der Waals surface area (Å²) in [5.41, 5.74) is 1.80. The van der Waals surface area contributed by atoms with Crippen LogP contribution >= 0.6 is 12.4 Å². The summed E-state index contributed by atoms with van der Waals surface area (Å²) in [4.78, 5) is 12.2. The highest BCUT2D eigenvalue weighted by atomic mass is 35.5. The Labute approximate surface area is 155 Å². The van der Waals surface area contributed by atoms with Crippen molar-refractivity contribution in [3.63, 3.8) is 0 Å². The third-order valence-corrected chi connectivity index (χ3v) is 4.49. The van der Waals surface area contributed by atoms with Gasteiger partial charge in [-0.05, 0) is 37.3 Å². The largest absolute Gasteiger partial charge is 0.493 e. The van der Waals surface area contributed by atoms with Crippen LogP contribution in [-0.4, -0.2) is 51.5 Å². The molecule has 1 aromatic carbocycles. The molecule has 3 rings (SSSR count). The Morgan fingerprint density at radius 1 is 1.32 bits per heavy atom. The Bertz CT molecular complexity index is 558. The first-order valence-corrected chi connectivity index (χ1v) is 8.67. The van der Waals surface area contributed by atoms with Crippen LogP contribution < -0.4 is 15.4 Å². The number of hydrogen-bond acceptors (Lipinski definition) is 5. The molecule has 140 valence electrons. The van der Waals surface area contributed by atoms with Crippen LogP contribution in [0.15, 0.2) is 18.2 Å². The van der Waals surface area contributed by atoms with Gasteiger partial charge in [-0.3, -0.25) is 4.79 Å². The Morgan fingerprint density at radius 2 is 2.12 bits per heavy atom. The molecule has 0 spiro atoms. The van der Waals surface area contributed by atoms with Crippen molar-refractivity contribution < 1.29 is 19.0 Å². The number of rotatable bonds is 5. The zero-order valence-corrected chi connectivity index (χ0v) is 15.4. The van der Waals surface area contributed by atoms with Gasteiger partial charge in [-0.2, -0.15) is 0 Å². The van der Waals surface area contributed by atoms with E-state index in [1.165, 1.54) is 0 Å². The molecule has 1 atom stereocenters. The van der Waals surface area contributed by atoms with Crippen LogP contribution in [0.5, 0.6) is 5.75 Å². The third kappa shape index (κ3) is 5.85. The summed E-state index contributed by atoms with van der Waals surface area (Å²) in [6.07, 6.45) is 1.65. The van der Waals surface area contributed by atoms with E-state index in [-0.39, 0.29) is 18.3 Å². The lowest BCUT2D eigenvalue weighted by Crippen LogP contribution is -2.45. The standard InChI is InChI=1S/C18H26N2O4.ClH/c1-13-2-3-15(20-18(21)17-11-19-6-9-23-17)10-16(13)24-12-14-4-7-22-8-5-14;/h2-3,10,14,17,19H,4-9,11-12H2,1H3,(H,20,21);1H. The van der Waals surface area contributed by atoms with Crippen LogP contribution in [0, 0.1) is 12.8 Å². The fourth-order valence-corrected chi connectivity index (χ4v) is 2.91. The molecule has 2 fully saturated rings. The van der Waals surface area contributed by atoms with E-state index < -0.39 is 6.10 Å². The molecule has 2 aliphatic heterocycles. The van der Waals surface area contributed by atoms with Gasteiger partial charge in [0.2, 0.25) is 0 Å². The van der Waals surface area contributed by atoms with E-state index in [4.69, 9.17) is 14.2 Å². The maximum atomic E-state index is 12.2. The molecule has 1 aromatic rings. The van der Waals surface area contributed by atoms with Gasteiger partial charge >= 0.3 is 0 Å². The molecule has 7 heteroatoms. The van der Waals surface area contributed by atoms with Crippen LogP contribution in [0.3, 0.4) is 0 Å². The zero-order valence-electron chi connectivity index (χ0n) is 14.6. The minimum atomic E-state index is -0.438. The quantitative estimate of drug-likeness (QED) is 0.831. The molecular formula is C18H27ClN2O4. The number of anilines is 1. The van der Waals surface area contributed by atoms with Gasteiger partial charge < -0.3 is 24.8 Å². The van der Waals surface area contributed by atoms with Gasteiger partial charge in [0.1, 0.15) is 11.9 Å². The van der Waals surface area contributed by atoms with Crippen LogP contribution in [0.25, 0.3) is 0 Å². The van der Waals surface area contributed by atoms with Gasteiger partial charge in [0.25, 0.3) is 5.91 Å². The molecule has 0 bridgehead atoms. The van der Waals surface area contributed by atoms with Crippen molar-refractivity contribution in [2.45, 2.75) is 25.9 Å². The summed E-state index contributed by atoms with van der Waals surface area (Å²) in [6, 6.07) is 5.75. The lowest BCUT2D eigenvalue weighted by molar-refractivity contribution is -0.128. The van der Waals surface area contributed by atoms with Crippen molar-refractivity contribution in [3.8, 4) is 5.75 Å². The maximum Gasteiger partial charge on any atom is 0.254 e. The maximum absolute atomic E-state index is 12.2. The van der Waals surface area contributed by atoms with Crippen LogP contribution in [0.4, 0.5) is 5.69 Å². The summed E-state index contributed by atoms with van der Waals surface area (Å²) in [5.74, 6) is 1.24. The number of carbonyl (C=O) groups is 1. The minimum absolute atomic E-state index is 0. The van der Waals surface area contributed by atoms with Gasteiger partial charge in [-0.1, -0.05) is 6.07 Å². The average molecular weight is 371 g/mol. The lowest BCUT2D eigenvalue weighted by Gasteiger charge is -2.24. The normalized spacial score (nSPS) is 21.2. The summed E-state index contributed by atoms with van der Waals surface area (Å²) < 4.78 is 16.8. The van der Waals surface area contributed by atoms with Gasteiger partial charge in [-0.25, -0.2) is 0 Å². The van der Waals surface area contributed by atoms with Crippen molar-refractivity contribution >= 4 is 24.0 Å². The number of carbonyl (C=O) groups excluding carboxylic acids is 1. The van der Waals surface area contributed by atoms with E-state index in [2.05, 4.69) is 10.6 Å². The molecule has 0 aliphatic carbocycles. The molecule has 2 heterocycles. The number of amides is 1. The average Bonchev–Trinajstić information content (AvgIpc) is 2.63. The van der Waals surface area contributed by atoms with E-state index >= 15 is 0 Å². The van der Waals surface area contributed by atoms with Crippen molar-refractivity contribution in [2.24, 2.45) is 5.92 Å². The molecule has 0 saturated carbocycles. The molecule has 0 radical (unpaired) electrons. The van der Waals surface area contributed by atoms with E-state index in [0.717, 1.165) is 49.6 Å². The number of halogens is 1. The van der Waals surface area contributed by atoms with Crippen molar-refractivity contribution in [1.82, 2.24) is 5.32 Å². The molecule has 2 N–H and O–H groups in total. The van der Waals surface area contributed by atoms with Gasteiger partial charge in [0.15, 0.2) is 0 Å². The Kier molecular flexibility index (Phi) is 7.96. The highest BCUT2D eigenvalue weighted by Crippen LogP contribution is 2.25. The van der Waals surface area contributed by atoms with Crippen LogP contribution in [0.1, 0.15) is 18.4 Å².